The fourth-order valence-corrected chi connectivity index (χ4v) is 5.01. The molecule has 31 heavy (non-hydrogen) atoms. The van der Waals surface area contributed by atoms with E-state index in [9.17, 15) is 13.2 Å². The van der Waals surface area contributed by atoms with Crippen LogP contribution in [0.25, 0.3) is 0 Å². The van der Waals surface area contributed by atoms with Gasteiger partial charge in [0.15, 0.2) is 0 Å². The van der Waals surface area contributed by atoms with E-state index in [0.29, 0.717) is 49.4 Å². The minimum absolute atomic E-state index is 0.216. The summed E-state index contributed by atoms with van der Waals surface area (Å²) in [6, 6.07) is 11.7. The number of halogens is 1. The number of amides is 2. The molecular weight excluding hydrogens is 436 g/mol. The maximum absolute atomic E-state index is 13.0. The molecular formula is C22H29ClN4O3S. The summed E-state index contributed by atoms with van der Waals surface area (Å²) in [6.07, 6.45) is 0. The lowest BCUT2D eigenvalue weighted by atomic mass is 10.1. The number of aryl methyl sites for hydroxylation is 1. The van der Waals surface area contributed by atoms with Crippen LogP contribution in [0.4, 0.5) is 16.2 Å². The van der Waals surface area contributed by atoms with Crippen LogP contribution in [0.15, 0.2) is 47.4 Å². The molecule has 0 unspecified atom stereocenters. The molecule has 1 aliphatic rings. The minimum Gasteiger partial charge on any atom is -0.369 e. The van der Waals surface area contributed by atoms with Crippen LogP contribution in [0.1, 0.15) is 19.4 Å². The first-order valence-electron chi connectivity index (χ1n) is 10.3. The molecule has 1 saturated heterocycles. The predicted octanol–water partition coefficient (Wildman–Crippen LogP) is 3.94. The zero-order chi connectivity index (χ0) is 22.6. The van der Waals surface area contributed by atoms with Crippen LogP contribution in [0.5, 0.6) is 0 Å². The van der Waals surface area contributed by atoms with Gasteiger partial charge in [0.1, 0.15) is 0 Å². The maximum Gasteiger partial charge on any atom is 0.319 e. The summed E-state index contributed by atoms with van der Waals surface area (Å²) in [7, 11) is -3.60. The molecule has 0 aliphatic carbocycles. The van der Waals surface area contributed by atoms with Gasteiger partial charge in [-0.3, -0.25) is 0 Å². The fourth-order valence-electron chi connectivity index (χ4n) is 3.42. The molecule has 0 atom stereocenters. The molecule has 1 heterocycles. The zero-order valence-electron chi connectivity index (χ0n) is 18.1. The van der Waals surface area contributed by atoms with Gasteiger partial charge in [-0.2, -0.15) is 4.31 Å². The van der Waals surface area contributed by atoms with Crippen molar-refractivity contribution in [2.24, 2.45) is 5.92 Å². The van der Waals surface area contributed by atoms with Gasteiger partial charge in [-0.1, -0.05) is 31.5 Å². The van der Waals surface area contributed by atoms with Crippen LogP contribution in [0.3, 0.4) is 0 Å². The highest BCUT2D eigenvalue weighted by Crippen LogP contribution is 2.27. The number of carbonyl (C=O) groups excluding carboxylic acids is 1. The monoisotopic (exact) mass is 464 g/mol. The van der Waals surface area contributed by atoms with Crippen molar-refractivity contribution in [3.63, 3.8) is 0 Å². The van der Waals surface area contributed by atoms with Crippen LogP contribution in [-0.2, 0) is 10.0 Å². The average molecular weight is 465 g/mol. The van der Waals surface area contributed by atoms with E-state index in [4.69, 9.17) is 11.6 Å². The first-order valence-corrected chi connectivity index (χ1v) is 12.1. The Bertz CT molecular complexity index is 1020. The molecule has 3 rings (SSSR count). The van der Waals surface area contributed by atoms with Crippen LogP contribution in [0, 0.1) is 12.8 Å². The number of sulfonamides is 1. The average Bonchev–Trinajstić information content (AvgIpc) is 2.74. The van der Waals surface area contributed by atoms with Crippen molar-refractivity contribution in [3.8, 4) is 0 Å². The standard InChI is InChI=1S/C22H29ClN4O3S/c1-16(2)15-24-22(28)25-19-6-8-20(9-7-19)31(29,30)27-12-10-26(11-13-27)21-14-18(23)5-4-17(21)3/h4-9,14,16H,10-13,15H2,1-3H3,(H2,24,25,28). The Morgan fingerprint density at radius 1 is 1.06 bits per heavy atom. The van der Waals surface area contributed by atoms with E-state index < -0.39 is 10.0 Å². The second-order valence-corrected chi connectivity index (χ2v) is 10.4. The lowest BCUT2D eigenvalue weighted by Crippen LogP contribution is -2.48. The molecule has 0 saturated carbocycles. The predicted molar refractivity (Wildman–Crippen MR) is 125 cm³/mol. The normalized spacial score (nSPS) is 15.2. The number of carbonyl (C=O) groups is 1. The summed E-state index contributed by atoms with van der Waals surface area (Å²) < 4.78 is 27.6. The number of hydrogen-bond acceptors (Lipinski definition) is 4. The highest BCUT2D eigenvalue weighted by molar-refractivity contribution is 7.89. The lowest BCUT2D eigenvalue weighted by Gasteiger charge is -2.36. The van der Waals surface area contributed by atoms with Crippen LogP contribution < -0.4 is 15.5 Å². The van der Waals surface area contributed by atoms with Crippen molar-refractivity contribution in [1.82, 2.24) is 9.62 Å². The molecule has 0 spiro atoms. The topological polar surface area (TPSA) is 81.8 Å². The Kier molecular flexibility index (Phi) is 7.46. The summed E-state index contributed by atoms with van der Waals surface area (Å²) in [5.74, 6) is 0.349. The number of nitrogens with zero attached hydrogens (tertiary/aromatic N) is 2. The molecule has 0 aromatic heterocycles. The quantitative estimate of drug-likeness (QED) is 0.678. The number of urea groups is 1. The minimum atomic E-state index is -3.60. The van der Waals surface area contributed by atoms with Crippen molar-refractivity contribution < 1.29 is 13.2 Å². The number of anilines is 2. The van der Waals surface area contributed by atoms with Crippen molar-refractivity contribution >= 4 is 39.0 Å². The summed E-state index contributed by atoms with van der Waals surface area (Å²) in [4.78, 5) is 14.3. The summed E-state index contributed by atoms with van der Waals surface area (Å²) in [5.41, 5.74) is 2.69. The van der Waals surface area contributed by atoms with Crippen LogP contribution >= 0.6 is 11.6 Å². The third-order valence-corrected chi connectivity index (χ3v) is 7.32. The van der Waals surface area contributed by atoms with Crippen molar-refractivity contribution in [2.75, 3.05) is 42.9 Å². The number of piperazine rings is 1. The molecule has 2 aromatic carbocycles. The van der Waals surface area contributed by atoms with Gasteiger partial charge in [-0.05, 0) is 54.8 Å². The largest absolute Gasteiger partial charge is 0.369 e. The Balaban J connectivity index is 1.62. The number of hydrogen-bond donors (Lipinski definition) is 2. The number of rotatable bonds is 6. The second kappa shape index (κ2) is 9.89. The van der Waals surface area contributed by atoms with E-state index in [0.717, 1.165) is 11.3 Å². The highest BCUT2D eigenvalue weighted by atomic mass is 35.5. The molecule has 1 aliphatic heterocycles. The molecule has 0 bridgehead atoms. The van der Waals surface area contributed by atoms with E-state index in [1.54, 1.807) is 12.1 Å². The zero-order valence-corrected chi connectivity index (χ0v) is 19.6. The van der Waals surface area contributed by atoms with Crippen LogP contribution in [-0.4, -0.2) is 51.5 Å². The van der Waals surface area contributed by atoms with E-state index in [-0.39, 0.29) is 10.9 Å². The first-order chi connectivity index (χ1) is 14.7. The molecule has 7 nitrogen and oxygen atoms in total. The summed E-state index contributed by atoms with van der Waals surface area (Å²) >= 11 is 6.13. The maximum atomic E-state index is 13.0. The Morgan fingerprint density at radius 2 is 1.71 bits per heavy atom. The van der Waals surface area contributed by atoms with E-state index >= 15 is 0 Å². The first kappa shape index (κ1) is 23.4. The van der Waals surface area contributed by atoms with Gasteiger partial charge in [0.05, 0.1) is 4.90 Å². The van der Waals surface area contributed by atoms with E-state index in [1.165, 1.54) is 16.4 Å². The van der Waals surface area contributed by atoms with E-state index in [1.807, 2.05) is 39.0 Å². The Labute approximate surface area is 189 Å². The van der Waals surface area contributed by atoms with Crippen molar-refractivity contribution in [3.05, 3.63) is 53.1 Å². The number of benzene rings is 2. The van der Waals surface area contributed by atoms with Gasteiger partial charge in [0, 0.05) is 49.1 Å². The lowest BCUT2D eigenvalue weighted by molar-refractivity contribution is 0.251. The Morgan fingerprint density at radius 3 is 2.32 bits per heavy atom. The van der Waals surface area contributed by atoms with Crippen LogP contribution in [0.2, 0.25) is 5.02 Å². The van der Waals surface area contributed by atoms with Crippen molar-refractivity contribution in [2.45, 2.75) is 25.7 Å². The molecule has 168 valence electrons. The third kappa shape index (κ3) is 5.90. The summed E-state index contributed by atoms with van der Waals surface area (Å²) in [6.45, 7) is 8.59. The van der Waals surface area contributed by atoms with Gasteiger partial charge in [0.2, 0.25) is 10.0 Å². The molecule has 9 heteroatoms. The fraction of sp³-hybridized carbons (Fsp3) is 0.409. The smallest absolute Gasteiger partial charge is 0.319 e. The SMILES string of the molecule is Cc1ccc(Cl)cc1N1CCN(S(=O)(=O)c2ccc(NC(=O)NCC(C)C)cc2)CC1. The molecule has 2 N–H and O–H groups in total. The molecule has 0 radical (unpaired) electrons. The molecule has 2 amide bonds. The van der Waals surface area contributed by atoms with E-state index in [2.05, 4.69) is 15.5 Å². The third-order valence-electron chi connectivity index (χ3n) is 5.17. The molecule has 1 fully saturated rings. The van der Waals surface area contributed by atoms with Gasteiger partial charge >= 0.3 is 6.03 Å². The van der Waals surface area contributed by atoms with Gasteiger partial charge in [-0.15, -0.1) is 0 Å². The number of nitrogens with one attached hydrogen (secondary N) is 2. The second-order valence-electron chi connectivity index (χ2n) is 8.08. The van der Waals surface area contributed by atoms with Gasteiger partial charge in [-0.25, -0.2) is 13.2 Å². The van der Waals surface area contributed by atoms with Gasteiger partial charge in [0.25, 0.3) is 0 Å². The van der Waals surface area contributed by atoms with Gasteiger partial charge < -0.3 is 15.5 Å². The molecule has 2 aromatic rings. The highest BCUT2D eigenvalue weighted by Gasteiger charge is 2.29. The Hall–Kier alpha value is -2.29. The summed E-state index contributed by atoms with van der Waals surface area (Å²) in [5, 5.41) is 6.14. The van der Waals surface area contributed by atoms with Crippen molar-refractivity contribution in [1.29, 1.82) is 0 Å².